The molecule has 0 aromatic heterocycles. The number of hydrogen-bond donors (Lipinski definition) is 4. The zero-order valence-electron chi connectivity index (χ0n) is 18.1. The van der Waals surface area contributed by atoms with E-state index in [1.54, 1.807) is 34.7 Å². The number of likely N-dealkylation sites (N-methyl/N-ethyl adjacent to an activating group) is 1. The van der Waals surface area contributed by atoms with Gasteiger partial charge in [-0.25, -0.2) is 9.59 Å². The summed E-state index contributed by atoms with van der Waals surface area (Å²) in [6.07, 6.45) is -2.28. The Balaban J connectivity index is 0. The summed E-state index contributed by atoms with van der Waals surface area (Å²) in [7, 11) is 1.59. The van der Waals surface area contributed by atoms with Crippen molar-refractivity contribution in [1.82, 2.24) is 5.32 Å². The molecule has 7 heteroatoms. The van der Waals surface area contributed by atoms with Crippen LogP contribution in [0.3, 0.4) is 0 Å². The maximum Gasteiger partial charge on any atom is 2.00 e. The molecular weight excluding hydrogens is 455 g/mol. The van der Waals surface area contributed by atoms with Crippen LogP contribution < -0.4 is 11.1 Å². The maximum absolute atomic E-state index is 9.10. The molecule has 4 atom stereocenters. The number of aliphatic carboxylic acids is 2. The smallest absolute Gasteiger partial charge is 0.473 e. The molecule has 0 radical (unpaired) electrons. The molecule has 0 saturated heterocycles. The van der Waals surface area contributed by atoms with Gasteiger partial charge in [0.25, 0.3) is 0 Å². The predicted molar refractivity (Wildman–Crippen MR) is 77.4 cm³/mol. The fraction of sp³-hybridized carbons (Fsp3) is 0.857. The molecule has 1 fully saturated rings. The van der Waals surface area contributed by atoms with Crippen molar-refractivity contribution in [2.75, 3.05) is 7.05 Å². The van der Waals surface area contributed by atoms with Crippen molar-refractivity contribution in [3.63, 3.8) is 0 Å². The summed E-state index contributed by atoms with van der Waals surface area (Å²) in [5.74, 6) is -6.61. The first kappa shape index (κ1) is 14.2. The van der Waals surface area contributed by atoms with Crippen LogP contribution in [0, 0.1) is 17.2 Å². The molecule has 6 nitrogen and oxygen atoms in total. The van der Waals surface area contributed by atoms with E-state index in [2.05, 4.69) is 5.32 Å². The molecule has 0 spiro atoms. The summed E-state index contributed by atoms with van der Waals surface area (Å²) >= 11 is 0. The van der Waals surface area contributed by atoms with Gasteiger partial charge in [0.15, 0.2) is 0 Å². The summed E-state index contributed by atoms with van der Waals surface area (Å²) in [5.41, 5.74) is 3.70. The van der Waals surface area contributed by atoms with E-state index in [9.17, 15) is 0 Å². The van der Waals surface area contributed by atoms with Crippen molar-refractivity contribution in [3.05, 3.63) is 0 Å². The van der Waals surface area contributed by atoms with E-state index in [0.29, 0.717) is 0 Å². The number of nitrogens with one attached hydrogen (secondary N) is 1. The van der Waals surface area contributed by atoms with Crippen molar-refractivity contribution in [2.45, 2.75) is 52.5 Å². The van der Waals surface area contributed by atoms with Crippen LogP contribution in [0.4, 0.5) is 0 Å². The largest absolute Gasteiger partial charge is 2.00 e. The number of nitrogens with two attached hydrogens (primary N) is 1. The third-order valence-corrected chi connectivity index (χ3v) is 4.17. The van der Waals surface area contributed by atoms with Crippen molar-refractivity contribution >= 4 is 11.9 Å². The zero-order valence-corrected chi connectivity index (χ0v) is 15.4. The van der Waals surface area contributed by atoms with Gasteiger partial charge in [0, 0.05) is 18.4 Å². The van der Waals surface area contributed by atoms with E-state index in [1.165, 1.54) is 6.92 Å². The molecule has 0 heterocycles. The monoisotopic (exact) mass is 488 g/mol. The Kier molecular flexibility index (Phi) is 5.56. The Morgan fingerprint density at radius 3 is 1.95 bits per heavy atom. The van der Waals surface area contributed by atoms with Crippen LogP contribution in [0.25, 0.3) is 0 Å². The topological polar surface area (TPSA) is 113 Å². The molecule has 2 unspecified atom stereocenters. The Bertz CT molecular complexity index is 526. The molecule has 126 valence electrons. The molecule has 0 aromatic rings. The molecule has 1 rings (SSSR count). The van der Waals surface area contributed by atoms with E-state index in [-0.39, 0.29) is 21.1 Å². The first-order valence-electron chi connectivity index (χ1n) is 8.64. The summed E-state index contributed by atoms with van der Waals surface area (Å²) in [6, 6.07) is -2.10. The van der Waals surface area contributed by atoms with Crippen LogP contribution in [0.2, 0.25) is 0 Å². The summed E-state index contributed by atoms with van der Waals surface area (Å²) in [6.45, 7) is 8.07. The Labute approximate surface area is 148 Å². The molecule has 5 N–H and O–H groups in total. The third kappa shape index (κ3) is 5.04. The first-order valence-corrected chi connectivity index (χ1v) is 6.14. The van der Waals surface area contributed by atoms with E-state index >= 15 is 0 Å². The van der Waals surface area contributed by atoms with Gasteiger partial charge in [0.05, 0.1) is 0 Å². The number of rotatable bonds is 1. The minimum Gasteiger partial charge on any atom is -0.473 e. The summed E-state index contributed by atoms with van der Waals surface area (Å²) in [5, 5.41) is 17.7. The van der Waals surface area contributed by atoms with Crippen LogP contribution in [-0.2, 0) is 30.7 Å². The summed E-state index contributed by atoms with van der Waals surface area (Å²) < 4.78 is 42.1. The Morgan fingerprint density at radius 2 is 1.67 bits per heavy atom. The van der Waals surface area contributed by atoms with Gasteiger partial charge < -0.3 is 21.3 Å². The van der Waals surface area contributed by atoms with Gasteiger partial charge in [-0.15, -0.1) is 0 Å². The fourth-order valence-corrected chi connectivity index (χ4v) is 1.91. The number of carboxylic acids is 2. The molecule has 0 bridgehead atoms. The third-order valence-electron chi connectivity index (χ3n) is 4.17. The number of hydrogen-bond acceptors (Lipinski definition) is 4. The van der Waals surface area contributed by atoms with E-state index in [1.807, 2.05) is 0 Å². The van der Waals surface area contributed by atoms with Crippen molar-refractivity contribution in [1.29, 1.82) is 0 Å². The van der Waals surface area contributed by atoms with Gasteiger partial charge in [0.2, 0.25) is 0 Å². The maximum atomic E-state index is 9.10. The molecule has 21 heavy (non-hydrogen) atoms. The molecule has 1 saturated carbocycles. The van der Waals surface area contributed by atoms with Crippen LogP contribution in [0.5, 0.6) is 0 Å². The van der Waals surface area contributed by atoms with Crippen LogP contribution in [0.1, 0.15) is 47.8 Å². The minimum atomic E-state index is -2.28. The minimum absolute atomic E-state index is 0. The van der Waals surface area contributed by atoms with Gasteiger partial charge in [-0.3, -0.25) is 0 Å². The normalized spacial score (nSPS) is 50.3. The molecule has 1 aliphatic carbocycles. The van der Waals surface area contributed by atoms with Gasteiger partial charge >= 0.3 is 33.0 Å². The molecule has 0 aliphatic heterocycles. The molecule has 0 amide bonds. The van der Waals surface area contributed by atoms with Crippen molar-refractivity contribution in [3.8, 4) is 0 Å². The predicted octanol–water partition coefficient (Wildman–Crippen LogP) is 1.15. The number of carboxylic acid groups (broad SMARTS) is 2. The van der Waals surface area contributed by atoms with Gasteiger partial charge in [-0.05, 0) is 37.5 Å². The first-order chi connectivity index (χ1) is 10.7. The Morgan fingerprint density at radius 1 is 1.29 bits per heavy atom. The second kappa shape index (κ2) is 8.25. The van der Waals surface area contributed by atoms with E-state index < -0.39 is 47.1 Å². The quantitative estimate of drug-likeness (QED) is 0.412. The van der Waals surface area contributed by atoms with Crippen molar-refractivity contribution in [2.24, 2.45) is 22.9 Å². The fourth-order valence-electron chi connectivity index (χ4n) is 1.91. The van der Waals surface area contributed by atoms with Crippen LogP contribution in [0.15, 0.2) is 0 Å². The van der Waals surface area contributed by atoms with E-state index in [4.69, 9.17) is 32.4 Å². The van der Waals surface area contributed by atoms with Gasteiger partial charge in [-0.1, -0.05) is 27.7 Å². The van der Waals surface area contributed by atoms with Crippen LogP contribution >= 0.6 is 0 Å². The van der Waals surface area contributed by atoms with Crippen LogP contribution in [-0.4, -0.2) is 40.8 Å². The second-order valence-electron chi connectivity index (χ2n) is 5.40. The zero-order chi connectivity index (χ0) is 20.9. The SMILES string of the molecule is O=C(O)C(=O)O.[2H]C1(C)C(C)(C)C([2H])(C)[C@@](C)(NC)[C@]([2H])(N)C1([2H])[2H].[Pt+2]. The molecule has 0 aromatic carbocycles. The van der Waals surface area contributed by atoms with Crippen molar-refractivity contribution < 1.29 is 47.7 Å². The number of carbonyl (C=O) groups is 2. The summed E-state index contributed by atoms with van der Waals surface area (Å²) in [4.78, 5) is 18.2. The average Bonchev–Trinajstić information content (AvgIpc) is 2.44. The Hall–Kier alpha value is -0.452. The molecule has 1 aliphatic rings. The average molecular weight is 488 g/mol. The van der Waals surface area contributed by atoms with E-state index in [0.717, 1.165) is 0 Å². The van der Waals surface area contributed by atoms with Gasteiger partial charge in [-0.2, -0.15) is 0 Å². The standard InChI is InChI=1S/C12H26N2.C2H2O4.Pt/c1-8-7-10(13)12(5,14-6)9(2)11(8,3)4;3-1(4)2(5)6;/h8-10,14H,7,13H2,1-6H3;(H,3,4)(H,5,6);/q;;+2/t8?,9?,10-,12-;;/m1../s1/i7D2,8D,9D,10D;;. The second-order valence-corrected chi connectivity index (χ2v) is 5.40. The molecular formula is C14H28N2O4Pt+2. The van der Waals surface area contributed by atoms with Gasteiger partial charge in [0.1, 0.15) is 0 Å².